The number of thioether (sulfide) groups is 1. The van der Waals surface area contributed by atoms with Gasteiger partial charge in [0.2, 0.25) is 5.91 Å². The van der Waals surface area contributed by atoms with E-state index in [1.165, 1.54) is 32.1 Å². The molecular weight excluding hydrogens is 358 g/mol. The van der Waals surface area contributed by atoms with Crippen molar-refractivity contribution < 1.29 is 4.79 Å². The molecular formula is C20H31N5OS. The minimum Gasteiger partial charge on any atom is -0.356 e. The average molecular weight is 390 g/mol. The van der Waals surface area contributed by atoms with Gasteiger partial charge < -0.3 is 15.5 Å². The maximum absolute atomic E-state index is 12.1. The van der Waals surface area contributed by atoms with Crippen molar-refractivity contribution in [3.05, 3.63) is 23.9 Å². The number of amides is 1. The van der Waals surface area contributed by atoms with E-state index in [9.17, 15) is 4.79 Å². The van der Waals surface area contributed by atoms with Crippen LogP contribution < -0.4 is 10.6 Å². The number of anilines is 1. The number of carbonyl (C=O) groups excluding carboxylic acids is 1. The minimum atomic E-state index is -0.0349. The van der Waals surface area contributed by atoms with Crippen molar-refractivity contribution in [1.29, 1.82) is 0 Å². The topological polar surface area (TPSA) is 69.6 Å². The summed E-state index contributed by atoms with van der Waals surface area (Å²) in [6.07, 6.45) is 8.85. The maximum Gasteiger partial charge on any atom is 0.227 e. The molecule has 27 heavy (non-hydrogen) atoms. The highest BCUT2D eigenvalue weighted by atomic mass is 32.2. The van der Waals surface area contributed by atoms with Crippen LogP contribution in [-0.4, -0.2) is 58.9 Å². The van der Waals surface area contributed by atoms with E-state index in [0.717, 1.165) is 30.4 Å². The Morgan fingerprint density at radius 2 is 2.15 bits per heavy atom. The summed E-state index contributed by atoms with van der Waals surface area (Å²) in [5.41, 5.74) is 1.08. The summed E-state index contributed by atoms with van der Waals surface area (Å²) in [6, 6.07) is 3.77. The first-order chi connectivity index (χ1) is 13.1. The molecule has 1 aromatic heterocycles. The van der Waals surface area contributed by atoms with Crippen LogP contribution >= 0.6 is 11.8 Å². The zero-order valence-electron chi connectivity index (χ0n) is 16.5. The molecule has 1 saturated heterocycles. The summed E-state index contributed by atoms with van der Waals surface area (Å²) in [5.74, 6) is 2.64. The molecule has 0 atom stereocenters. The van der Waals surface area contributed by atoms with Crippen LogP contribution in [-0.2, 0) is 4.79 Å². The van der Waals surface area contributed by atoms with E-state index < -0.39 is 0 Å². The predicted molar refractivity (Wildman–Crippen MR) is 113 cm³/mol. The molecule has 1 aliphatic carbocycles. The molecule has 0 radical (unpaired) electrons. The molecule has 1 aliphatic heterocycles. The number of hydrogen-bond donors (Lipinski definition) is 2. The molecule has 0 aromatic carbocycles. The van der Waals surface area contributed by atoms with Crippen molar-refractivity contribution >= 4 is 29.4 Å². The molecule has 148 valence electrons. The smallest absolute Gasteiger partial charge is 0.227 e. The lowest BCUT2D eigenvalue weighted by Crippen LogP contribution is -2.53. The summed E-state index contributed by atoms with van der Waals surface area (Å²) >= 11 is 2.15. The molecule has 0 unspecified atom stereocenters. The number of aliphatic imine (C=N–C) groups is 1. The Labute approximate surface area is 166 Å². The Morgan fingerprint density at radius 3 is 2.85 bits per heavy atom. The van der Waals surface area contributed by atoms with E-state index >= 15 is 0 Å². The Hall–Kier alpha value is -1.76. The van der Waals surface area contributed by atoms with Crippen LogP contribution in [0.3, 0.4) is 0 Å². The molecule has 2 N–H and O–H groups in total. The molecule has 1 aromatic rings. The number of hydrogen-bond acceptors (Lipinski definition) is 4. The largest absolute Gasteiger partial charge is 0.356 e. The first kappa shape index (κ1) is 20.0. The van der Waals surface area contributed by atoms with Gasteiger partial charge in [0.15, 0.2) is 5.96 Å². The van der Waals surface area contributed by atoms with Gasteiger partial charge in [0, 0.05) is 49.8 Å². The molecule has 1 spiro atoms. The second kappa shape index (κ2) is 9.44. The summed E-state index contributed by atoms with van der Waals surface area (Å²) in [4.78, 5) is 23.2. The van der Waals surface area contributed by atoms with Crippen LogP contribution in [0.15, 0.2) is 23.3 Å². The third-order valence-corrected chi connectivity index (χ3v) is 6.88. The van der Waals surface area contributed by atoms with Crippen LogP contribution in [0.2, 0.25) is 0 Å². The van der Waals surface area contributed by atoms with Gasteiger partial charge >= 0.3 is 0 Å². The van der Waals surface area contributed by atoms with Crippen LogP contribution in [0.25, 0.3) is 0 Å². The lowest BCUT2D eigenvalue weighted by molar-refractivity contribution is -0.116. The number of aromatic nitrogens is 1. The molecule has 2 heterocycles. The number of nitrogens with one attached hydrogen (secondary N) is 2. The number of carbonyl (C=O) groups is 1. The zero-order chi connectivity index (χ0) is 19.1. The van der Waals surface area contributed by atoms with Crippen molar-refractivity contribution in [1.82, 2.24) is 15.2 Å². The Bertz CT molecular complexity index is 649. The van der Waals surface area contributed by atoms with Gasteiger partial charge in [0.1, 0.15) is 5.82 Å². The molecule has 0 bridgehead atoms. The summed E-state index contributed by atoms with van der Waals surface area (Å²) in [6.45, 7) is 4.63. The number of pyridine rings is 1. The fraction of sp³-hybridized carbons (Fsp3) is 0.650. The van der Waals surface area contributed by atoms with Gasteiger partial charge in [-0.15, -0.1) is 0 Å². The van der Waals surface area contributed by atoms with Gasteiger partial charge in [-0.1, -0.05) is 25.3 Å². The fourth-order valence-electron chi connectivity index (χ4n) is 3.89. The Balaban J connectivity index is 1.46. The van der Waals surface area contributed by atoms with Gasteiger partial charge in [-0.3, -0.25) is 9.79 Å². The van der Waals surface area contributed by atoms with Crippen LogP contribution in [0.1, 0.15) is 44.1 Å². The van der Waals surface area contributed by atoms with E-state index in [1.54, 1.807) is 6.20 Å². The predicted octanol–water partition coefficient (Wildman–Crippen LogP) is 3.05. The third-order valence-electron chi connectivity index (χ3n) is 5.34. The van der Waals surface area contributed by atoms with E-state index in [2.05, 4.69) is 37.3 Å². The van der Waals surface area contributed by atoms with Gasteiger partial charge in [0.25, 0.3) is 0 Å². The van der Waals surface area contributed by atoms with Crippen LogP contribution in [0.4, 0.5) is 5.82 Å². The van der Waals surface area contributed by atoms with Gasteiger partial charge in [-0.25, -0.2) is 4.98 Å². The highest BCUT2D eigenvalue weighted by Crippen LogP contribution is 2.42. The molecule has 2 aliphatic rings. The SMILES string of the molecule is CN=C(NCCC(=O)Nc1ccc(C)cn1)N1CCSC2(CCCCC2)C1. The van der Waals surface area contributed by atoms with Gasteiger partial charge in [-0.05, 0) is 31.4 Å². The lowest BCUT2D eigenvalue weighted by Gasteiger charge is -2.45. The van der Waals surface area contributed by atoms with Gasteiger partial charge in [0.05, 0.1) is 0 Å². The van der Waals surface area contributed by atoms with Crippen LogP contribution in [0.5, 0.6) is 0 Å². The summed E-state index contributed by atoms with van der Waals surface area (Å²) < 4.78 is 0.405. The average Bonchev–Trinajstić information content (AvgIpc) is 2.68. The zero-order valence-corrected chi connectivity index (χ0v) is 17.3. The van der Waals surface area contributed by atoms with Crippen molar-refractivity contribution in [2.45, 2.75) is 50.2 Å². The van der Waals surface area contributed by atoms with E-state index in [1.807, 2.05) is 26.1 Å². The number of guanidine groups is 1. The monoisotopic (exact) mass is 389 g/mol. The molecule has 3 rings (SSSR count). The molecule has 2 fully saturated rings. The summed E-state index contributed by atoms with van der Waals surface area (Å²) in [7, 11) is 1.83. The molecule has 1 amide bonds. The van der Waals surface area contributed by atoms with E-state index in [4.69, 9.17) is 0 Å². The number of aryl methyl sites for hydroxylation is 1. The second-order valence-corrected chi connectivity index (χ2v) is 9.07. The minimum absolute atomic E-state index is 0.0349. The standard InChI is InChI=1S/C20H31N5OS/c1-16-6-7-17(23-14-16)24-18(26)8-11-22-19(21-2)25-12-13-27-20(15-25)9-4-3-5-10-20/h6-7,14H,3-5,8-13,15H2,1-2H3,(H,21,22)(H,23,24,26). The molecule has 1 saturated carbocycles. The highest BCUT2D eigenvalue weighted by molar-refractivity contribution is 8.00. The van der Waals surface area contributed by atoms with E-state index in [-0.39, 0.29) is 5.91 Å². The molecule has 7 heteroatoms. The number of nitrogens with zero attached hydrogens (tertiary/aromatic N) is 3. The third kappa shape index (κ3) is 5.61. The molecule has 6 nitrogen and oxygen atoms in total. The highest BCUT2D eigenvalue weighted by Gasteiger charge is 2.38. The van der Waals surface area contributed by atoms with Crippen LogP contribution in [0, 0.1) is 6.92 Å². The number of rotatable bonds is 4. The van der Waals surface area contributed by atoms with E-state index in [0.29, 0.717) is 23.5 Å². The van der Waals surface area contributed by atoms with Crippen molar-refractivity contribution in [3.8, 4) is 0 Å². The lowest BCUT2D eigenvalue weighted by atomic mass is 9.87. The normalized spacial score (nSPS) is 19.8. The second-order valence-electron chi connectivity index (χ2n) is 7.51. The first-order valence-electron chi connectivity index (χ1n) is 9.92. The fourth-order valence-corrected chi connectivity index (χ4v) is 5.46. The first-order valence-corrected chi connectivity index (χ1v) is 10.9. The Morgan fingerprint density at radius 1 is 1.33 bits per heavy atom. The summed E-state index contributed by atoms with van der Waals surface area (Å²) in [5, 5.41) is 6.21. The quantitative estimate of drug-likeness (QED) is 0.612. The van der Waals surface area contributed by atoms with Crippen molar-refractivity contribution in [3.63, 3.8) is 0 Å². The van der Waals surface area contributed by atoms with Crippen molar-refractivity contribution in [2.75, 3.05) is 37.8 Å². The van der Waals surface area contributed by atoms with Crippen molar-refractivity contribution in [2.24, 2.45) is 4.99 Å². The Kier molecular flexibility index (Phi) is 6.99. The van der Waals surface area contributed by atoms with Gasteiger partial charge in [-0.2, -0.15) is 11.8 Å². The maximum atomic E-state index is 12.1.